The average molecular weight is 441 g/mol. The van der Waals surface area contributed by atoms with Crippen LogP contribution in [0.2, 0.25) is 25.7 Å². The number of hydrogen-bond donors (Lipinski definition) is 0. The Morgan fingerprint density at radius 3 is 2.55 bits per heavy atom. The molecule has 0 saturated heterocycles. The van der Waals surface area contributed by atoms with Crippen molar-refractivity contribution in [2.24, 2.45) is 0 Å². The van der Waals surface area contributed by atoms with Gasteiger partial charge in [-0.25, -0.2) is 18.5 Å². The van der Waals surface area contributed by atoms with Crippen LogP contribution < -0.4 is 4.31 Å². The molecular formula is C19H25FN2O5SSi. The summed E-state index contributed by atoms with van der Waals surface area (Å²) in [5.41, 5.74) is -0.141. The summed E-state index contributed by atoms with van der Waals surface area (Å²) in [5.74, 6) is -1.44. The molecule has 0 spiro atoms. The van der Waals surface area contributed by atoms with Crippen molar-refractivity contribution in [2.75, 3.05) is 24.8 Å². The van der Waals surface area contributed by atoms with Gasteiger partial charge >= 0.3 is 5.97 Å². The second kappa shape index (κ2) is 9.46. The molecule has 7 nitrogen and oxygen atoms in total. The van der Waals surface area contributed by atoms with Gasteiger partial charge in [-0.2, -0.15) is 8.42 Å². The zero-order chi connectivity index (χ0) is 21.7. The SMILES string of the molecule is COC(=O)c1cccnc1S(=O)(=O)N(COCC[Si](C)(C)C)c1cccc(F)c1. The van der Waals surface area contributed by atoms with E-state index >= 15 is 0 Å². The minimum Gasteiger partial charge on any atom is -0.465 e. The van der Waals surface area contributed by atoms with Crippen molar-refractivity contribution in [1.29, 1.82) is 0 Å². The third-order valence-corrected chi connectivity index (χ3v) is 7.43. The van der Waals surface area contributed by atoms with E-state index in [0.717, 1.165) is 23.5 Å². The fourth-order valence-corrected chi connectivity index (χ4v) is 4.60. The number of benzene rings is 1. The van der Waals surface area contributed by atoms with Crippen LogP contribution in [0, 0.1) is 5.82 Å². The van der Waals surface area contributed by atoms with Crippen LogP contribution in [0.1, 0.15) is 10.4 Å². The molecule has 0 saturated carbocycles. The molecule has 1 aromatic carbocycles. The molecule has 0 fully saturated rings. The van der Waals surface area contributed by atoms with Gasteiger partial charge in [0.25, 0.3) is 10.0 Å². The first-order chi connectivity index (χ1) is 13.6. The molecule has 0 aliphatic heterocycles. The van der Waals surface area contributed by atoms with Gasteiger partial charge in [-0.3, -0.25) is 0 Å². The Morgan fingerprint density at radius 1 is 1.21 bits per heavy atom. The average Bonchev–Trinajstić information content (AvgIpc) is 2.66. The summed E-state index contributed by atoms with van der Waals surface area (Å²) < 4.78 is 51.6. The molecule has 1 aromatic heterocycles. The predicted octanol–water partition coefficient (Wildman–Crippen LogP) is 3.51. The summed E-state index contributed by atoms with van der Waals surface area (Å²) in [7, 11) is -4.57. The molecule has 0 unspecified atom stereocenters. The number of pyridine rings is 1. The number of esters is 1. The fraction of sp³-hybridized carbons (Fsp3) is 0.368. The Morgan fingerprint density at radius 2 is 1.93 bits per heavy atom. The molecular weight excluding hydrogens is 415 g/mol. The van der Waals surface area contributed by atoms with Crippen molar-refractivity contribution in [1.82, 2.24) is 4.98 Å². The lowest BCUT2D eigenvalue weighted by Crippen LogP contribution is -2.35. The summed E-state index contributed by atoms with van der Waals surface area (Å²) in [5, 5.41) is -0.482. The van der Waals surface area contributed by atoms with Gasteiger partial charge in [0, 0.05) is 20.9 Å². The lowest BCUT2D eigenvalue weighted by atomic mass is 10.3. The smallest absolute Gasteiger partial charge is 0.340 e. The number of ether oxygens (including phenoxy) is 2. The molecule has 0 amide bonds. The third kappa shape index (κ3) is 6.08. The first-order valence-electron chi connectivity index (χ1n) is 8.95. The Hall–Kier alpha value is -2.30. The van der Waals surface area contributed by atoms with Gasteiger partial charge in [0.2, 0.25) is 0 Å². The van der Waals surface area contributed by atoms with Crippen LogP contribution in [0.3, 0.4) is 0 Å². The normalized spacial score (nSPS) is 11.9. The van der Waals surface area contributed by atoms with Crippen molar-refractivity contribution in [3.8, 4) is 0 Å². The van der Waals surface area contributed by atoms with Gasteiger partial charge in [0.1, 0.15) is 12.5 Å². The Bertz CT molecular complexity index is 963. The Kier molecular flexibility index (Phi) is 7.50. The zero-order valence-electron chi connectivity index (χ0n) is 16.9. The highest BCUT2D eigenvalue weighted by molar-refractivity contribution is 7.92. The molecule has 0 bridgehead atoms. The molecule has 2 rings (SSSR count). The Labute approximate surface area is 171 Å². The molecule has 0 N–H and O–H groups in total. The van der Waals surface area contributed by atoms with Crippen LogP contribution in [-0.2, 0) is 19.5 Å². The van der Waals surface area contributed by atoms with Crippen LogP contribution in [0.25, 0.3) is 0 Å². The van der Waals surface area contributed by atoms with E-state index < -0.39 is 34.9 Å². The minimum atomic E-state index is -4.33. The minimum absolute atomic E-state index is 0.0690. The van der Waals surface area contributed by atoms with Crippen LogP contribution >= 0.6 is 0 Å². The number of carbonyl (C=O) groups excluding carboxylic acids is 1. The molecule has 0 aliphatic rings. The number of methoxy groups -OCH3 is 1. The van der Waals surface area contributed by atoms with Gasteiger partial charge in [0.05, 0.1) is 18.4 Å². The maximum absolute atomic E-state index is 13.8. The standard InChI is InChI=1S/C19H25FN2O5SSi/c1-26-19(23)17-9-6-10-21-18(17)28(24,25)22(14-27-11-12-29(2,3)4)16-8-5-7-15(20)13-16/h5-10,13H,11-12,14H2,1-4H3. The van der Waals surface area contributed by atoms with Gasteiger partial charge in [0.15, 0.2) is 5.03 Å². The van der Waals surface area contributed by atoms with Crippen molar-refractivity contribution in [3.63, 3.8) is 0 Å². The lowest BCUT2D eigenvalue weighted by Gasteiger charge is -2.25. The molecule has 0 radical (unpaired) electrons. The van der Waals surface area contributed by atoms with Crippen molar-refractivity contribution >= 4 is 29.8 Å². The van der Waals surface area contributed by atoms with Crippen molar-refractivity contribution in [3.05, 3.63) is 54.0 Å². The fourth-order valence-electron chi connectivity index (χ4n) is 2.41. The van der Waals surface area contributed by atoms with E-state index in [1.807, 2.05) is 0 Å². The van der Waals surface area contributed by atoms with E-state index in [2.05, 4.69) is 29.4 Å². The van der Waals surface area contributed by atoms with E-state index in [1.165, 1.54) is 36.5 Å². The molecule has 2 aromatic rings. The highest BCUT2D eigenvalue weighted by Crippen LogP contribution is 2.26. The summed E-state index contributed by atoms with van der Waals surface area (Å²) in [6.45, 7) is 6.55. The third-order valence-electron chi connectivity index (χ3n) is 4.01. The number of aromatic nitrogens is 1. The topological polar surface area (TPSA) is 85.8 Å². The van der Waals surface area contributed by atoms with Crippen molar-refractivity contribution < 1.29 is 27.1 Å². The molecule has 1 heterocycles. The van der Waals surface area contributed by atoms with Crippen LogP contribution in [0.15, 0.2) is 47.6 Å². The number of sulfonamides is 1. The lowest BCUT2D eigenvalue weighted by molar-refractivity contribution is 0.0595. The monoisotopic (exact) mass is 440 g/mol. The van der Waals surface area contributed by atoms with Crippen LogP contribution in [0.5, 0.6) is 0 Å². The summed E-state index contributed by atoms with van der Waals surface area (Å²) in [4.78, 5) is 15.9. The molecule has 29 heavy (non-hydrogen) atoms. The second-order valence-electron chi connectivity index (χ2n) is 7.53. The van der Waals surface area contributed by atoms with Crippen molar-refractivity contribution in [2.45, 2.75) is 30.7 Å². The van der Waals surface area contributed by atoms with Crippen LogP contribution in [-0.4, -0.2) is 47.9 Å². The Balaban J connectivity index is 2.43. The zero-order valence-corrected chi connectivity index (χ0v) is 18.7. The van der Waals surface area contributed by atoms with E-state index in [0.29, 0.717) is 6.61 Å². The molecule has 158 valence electrons. The highest BCUT2D eigenvalue weighted by Gasteiger charge is 2.32. The van der Waals surface area contributed by atoms with E-state index in [-0.39, 0.29) is 18.0 Å². The number of nitrogens with zero attached hydrogens (tertiary/aromatic N) is 2. The summed E-state index contributed by atoms with van der Waals surface area (Å²) in [6.07, 6.45) is 1.26. The number of halogens is 1. The number of carbonyl (C=O) groups is 1. The summed E-state index contributed by atoms with van der Waals surface area (Å²) in [6, 6.07) is 8.71. The predicted molar refractivity (Wildman–Crippen MR) is 111 cm³/mol. The van der Waals surface area contributed by atoms with Gasteiger partial charge in [-0.15, -0.1) is 0 Å². The second-order valence-corrected chi connectivity index (χ2v) is 14.9. The number of hydrogen-bond acceptors (Lipinski definition) is 6. The maximum Gasteiger partial charge on any atom is 0.340 e. The first-order valence-corrected chi connectivity index (χ1v) is 14.1. The molecule has 10 heteroatoms. The van der Waals surface area contributed by atoms with E-state index in [4.69, 9.17) is 4.74 Å². The number of anilines is 1. The van der Waals surface area contributed by atoms with Gasteiger partial charge in [-0.1, -0.05) is 25.7 Å². The largest absolute Gasteiger partial charge is 0.465 e. The summed E-state index contributed by atoms with van der Waals surface area (Å²) >= 11 is 0. The van der Waals surface area contributed by atoms with E-state index in [1.54, 1.807) is 0 Å². The maximum atomic E-state index is 13.8. The van der Waals surface area contributed by atoms with Crippen LogP contribution in [0.4, 0.5) is 10.1 Å². The van der Waals surface area contributed by atoms with Gasteiger partial charge in [-0.05, 0) is 36.4 Å². The van der Waals surface area contributed by atoms with Gasteiger partial charge < -0.3 is 9.47 Å². The molecule has 0 aliphatic carbocycles. The first kappa shape index (κ1) is 23.0. The van der Waals surface area contributed by atoms with E-state index in [9.17, 15) is 17.6 Å². The highest BCUT2D eigenvalue weighted by atomic mass is 32.2. The quantitative estimate of drug-likeness (QED) is 0.257. The molecule has 0 atom stereocenters. The number of rotatable bonds is 9.